The first-order valence-electron chi connectivity index (χ1n) is 8.50. The van der Waals surface area contributed by atoms with Crippen LogP contribution in [0.5, 0.6) is 5.75 Å². The molecular formula is C21H17N3O4S. The van der Waals surface area contributed by atoms with Crippen LogP contribution in [0.1, 0.15) is 15.9 Å². The van der Waals surface area contributed by atoms with Gasteiger partial charge in [0.15, 0.2) is 0 Å². The number of hydrogen-bond donors (Lipinski definition) is 2. The van der Waals surface area contributed by atoms with Crippen LogP contribution in [-0.4, -0.2) is 21.4 Å². The van der Waals surface area contributed by atoms with Gasteiger partial charge in [-0.2, -0.15) is 5.26 Å². The van der Waals surface area contributed by atoms with E-state index in [2.05, 4.69) is 10.0 Å². The Morgan fingerprint density at radius 1 is 0.966 bits per heavy atom. The zero-order valence-corrected chi connectivity index (χ0v) is 16.2. The summed E-state index contributed by atoms with van der Waals surface area (Å²) in [6.45, 7) is 0. The molecule has 0 aliphatic rings. The van der Waals surface area contributed by atoms with Crippen molar-refractivity contribution in [3.05, 3.63) is 83.9 Å². The Morgan fingerprint density at radius 3 is 2.38 bits per heavy atom. The lowest BCUT2D eigenvalue weighted by Crippen LogP contribution is -2.16. The predicted octanol–water partition coefficient (Wildman–Crippen LogP) is 3.62. The fourth-order valence-corrected chi connectivity index (χ4v) is 3.65. The van der Waals surface area contributed by atoms with Crippen molar-refractivity contribution in [3.8, 4) is 11.8 Å². The molecule has 0 unspecified atom stereocenters. The molecule has 0 saturated carbocycles. The largest absolute Gasteiger partial charge is 0.497 e. The summed E-state index contributed by atoms with van der Waals surface area (Å²) in [5.41, 5.74) is 1.39. The molecule has 29 heavy (non-hydrogen) atoms. The van der Waals surface area contributed by atoms with Crippen LogP contribution in [-0.2, 0) is 10.0 Å². The van der Waals surface area contributed by atoms with E-state index in [9.17, 15) is 13.2 Å². The van der Waals surface area contributed by atoms with E-state index < -0.39 is 15.9 Å². The van der Waals surface area contributed by atoms with Crippen molar-refractivity contribution < 1.29 is 17.9 Å². The minimum Gasteiger partial charge on any atom is -0.497 e. The van der Waals surface area contributed by atoms with Gasteiger partial charge < -0.3 is 10.1 Å². The van der Waals surface area contributed by atoms with Gasteiger partial charge in [-0.1, -0.05) is 12.1 Å². The Labute approximate surface area is 168 Å². The predicted molar refractivity (Wildman–Crippen MR) is 109 cm³/mol. The molecule has 8 heteroatoms. The molecule has 7 nitrogen and oxygen atoms in total. The summed E-state index contributed by atoms with van der Waals surface area (Å²) in [7, 11) is -2.37. The number of nitrogens with zero attached hydrogens (tertiary/aromatic N) is 1. The second-order valence-corrected chi connectivity index (χ2v) is 7.69. The van der Waals surface area contributed by atoms with Gasteiger partial charge >= 0.3 is 0 Å². The lowest BCUT2D eigenvalue weighted by atomic mass is 10.2. The number of benzene rings is 3. The maximum atomic E-state index is 12.7. The highest BCUT2D eigenvalue weighted by atomic mass is 32.2. The van der Waals surface area contributed by atoms with Gasteiger partial charge in [-0.15, -0.1) is 0 Å². The molecule has 0 atom stereocenters. The van der Waals surface area contributed by atoms with Crippen LogP contribution in [0.3, 0.4) is 0 Å². The molecule has 0 bridgehead atoms. The van der Waals surface area contributed by atoms with Crippen LogP contribution >= 0.6 is 0 Å². The van der Waals surface area contributed by atoms with E-state index in [-0.39, 0.29) is 10.5 Å². The molecule has 0 heterocycles. The van der Waals surface area contributed by atoms with Gasteiger partial charge in [0, 0.05) is 16.9 Å². The first-order valence-corrected chi connectivity index (χ1v) is 9.98. The maximum absolute atomic E-state index is 12.7. The molecule has 3 rings (SSSR count). The van der Waals surface area contributed by atoms with Gasteiger partial charge in [0.05, 0.1) is 23.6 Å². The van der Waals surface area contributed by atoms with Crippen molar-refractivity contribution in [2.24, 2.45) is 0 Å². The minimum absolute atomic E-state index is 0.0493. The van der Waals surface area contributed by atoms with E-state index >= 15 is 0 Å². The summed E-state index contributed by atoms with van der Waals surface area (Å²) in [6.07, 6.45) is 0. The number of nitrogens with one attached hydrogen (secondary N) is 2. The van der Waals surface area contributed by atoms with Crippen LogP contribution in [0.2, 0.25) is 0 Å². The Morgan fingerprint density at radius 2 is 1.69 bits per heavy atom. The van der Waals surface area contributed by atoms with Crippen molar-refractivity contribution >= 4 is 27.3 Å². The standard InChI is InChI=1S/C21H17N3O4S/c1-28-19-10-8-17(9-11-19)24-29(26,27)20-7-3-5-16(13-20)21(25)23-18-6-2-4-15(12-18)14-22/h2-13,24H,1H3,(H,23,25). The van der Waals surface area contributed by atoms with Crippen molar-refractivity contribution in [1.82, 2.24) is 0 Å². The van der Waals surface area contributed by atoms with Crippen molar-refractivity contribution in [1.29, 1.82) is 5.26 Å². The minimum atomic E-state index is -3.89. The van der Waals surface area contributed by atoms with Gasteiger partial charge in [0.1, 0.15) is 5.75 Å². The Bertz CT molecular complexity index is 1180. The normalized spacial score (nSPS) is 10.6. The third-order valence-electron chi connectivity index (χ3n) is 4.00. The number of anilines is 2. The molecule has 1 amide bonds. The smallest absolute Gasteiger partial charge is 0.261 e. The molecule has 0 aliphatic heterocycles. The van der Waals surface area contributed by atoms with E-state index in [1.165, 1.54) is 37.4 Å². The fraction of sp³-hybridized carbons (Fsp3) is 0.0476. The van der Waals surface area contributed by atoms with Gasteiger partial charge in [0.25, 0.3) is 15.9 Å². The third kappa shape index (κ3) is 4.91. The van der Waals surface area contributed by atoms with Crippen molar-refractivity contribution in [3.63, 3.8) is 0 Å². The number of hydrogen-bond acceptors (Lipinski definition) is 5. The monoisotopic (exact) mass is 407 g/mol. The van der Waals surface area contributed by atoms with E-state index in [0.29, 0.717) is 22.7 Å². The zero-order valence-electron chi connectivity index (χ0n) is 15.4. The van der Waals surface area contributed by atoms with E-state index in [0.717, 1.165) is 0 Å². The average Bonchev–Trinajstić information content (AvgIpc) is 2.74. The summed E-state index contributed by atoms with van der Waals surface area (Å²) in [6, 6.07) is 20.6. The van der Waals surface area contributed by atoms with Crippen molar-refractivity contribution in [2.75, 3.05) is 17.1 Å². The number of methoxy groups -OCH3 is 1. The molecule has 0 fully saturated rings. The summed E-state index contributed by atoms with van der Waals surface area (Å²) in [5.74, 6) is 0.119. The highest BCUT2D eigenvalue weighted by molar-refractivity contribution is 7.92. The van der Waals surface area contributed by atoms with E-state index in [4.69, 9.17) is 10.00 Å². The first-order chi connectivity index (χ1) is 13.9. The number of nitriles is 1. The zero-order chi connectivity index (χ0) is 20.9. The summed E-state index contributed by atoms with van der Waals surface area (Å²) in [4.78, 5) is 12.4. The van der Waals surface area contributed by atoms with Crippen LogP contribution < -0.4 is 14.8 Å². The lowest BCUT2D eigenvalue weighted by molar-refractivity contribution is 0.102. The number of ether oxygens (including phenoxy) is 1. The highest BCUT2D eigenvalue weighted by Gasteiger charge is 2.17. The van der Waals surface area contributed by atoms with Gasteiger partial charge in [-0.3, -0.25) is 9.52 Å². The van der Waals surface area contributed by atoms with Crippen LogP contribution in [0.25, 0.3) is 0 Å². The maximum Gasteiger partial charge on any atom is 0.261 e. The summed E-state index contributed by atoms with van der Waals surface area (Å²) >= 11 is 0. The van der Waals surface area contributed by atoms with Crippen LogP contribution in [0.15, 0.2) is 77.7 Å². The number of carbonyl (C=O) groups excluding carboxylic acids is 1. The second-order valence-electron chi connectivity index (χ2n) is 6.01. The number of carbonyl (C=O) groups is 1. The number of rotatable bonds is 6. The molecule has 3 aromatic carbocycles. The Kier molecular flexibility index (Phi) is 5.81. The highest BCUT2D eigenvalue weighted by Crippen LogP contribution is 2.20. The molecular weight excluding hydrogens is 390 g/mol. The average molecular weight is 407 g/mol. The summed E-state index contributed by atoms with van der Waals surface area (Å²) in [5, 5.41) is 11.6. The van der Waals surface area contributed by atoms with Crippen LogP contribution in [0, 0.1) is 11.3 Å². The quantitative estimate of drug-likeness (QED) is 0.649. The summed E-state index contributed by atoms with van der Waals surface area (Å²) < 4.78 is 32.8. The van der Waals surface area contributed by atoms with E-state index in [1.54, 1.807) is 42.5 Å². The molecule has 146 valence electrons. The van der Waals surface area contributed by atoms with Crippen molar-refractivity contribution in [2.45, 2.75) is 4.90 Å². The van der Waals surface area contributed by atoms with Crippen LogP contribution in [0.4, 0.5) is 11.4 Å². The first kappa shape index (κ1) is 19.9. The molecule has 0 spiro atoms. The Hall–Kier alpha value is -3.83. The fourth-order valence-electron chi connectivity index (χ4n) is 2.55. The molecule has 2 N–H and O–H groups in total. The third-order valence-corrected chi connectivity index (χ3v) is 5.38. The molecule has 0 saturated heterocycles. The topological polar surface area (TPSA) is 108 Å². The van der Waals surface area contributed by atoms with Gasteiger partial charge in [0.2, 0.25) is 0 Å². The second kappa shape index (κ2) is 8.46. The Balaban J connectivity index is 1.80. The number of sulfonamides is 1. The van der Waals surface area contributed by atoms with Gasteiger partial charge in [-0.25, -0.2) is 8.42 Å². The van der Waals surface area contributed by atoms with Gasteiger partial charge in [-0.05, 0) is 60.7 Å². The molecule has 3 aromatic rings. The lowest BCUT2D eigenvalue weighted by Gasteiger charge is -2.10. The van der Waals surface area contributed by atoms with E-state index in [1.807, 2.05) is 6.07 Å². The SMILES string of the molecule is COc1ccc(NS(=O)(=O)c2cccc(C(=O)Nc3cccc(C#N)c3)c2)cc1. The molecule has 0 radical (unpaired) electrons. The molecule has 0 aliphatic carbocycles. The number of amides is 1. The molecule has 0 aromatic heterocycles.